The van der Waals surface area contributed by atoms with Gasteiger partial charge in [-0.2, -0.15) is 4.98 Å². The van der Waals surface area contributed by atoms with E-state index in [2.05, 4.69) is 41.2 Å². The first-order chi connectivity index (χ1) is 10.1. The molecule has 0 saturated carbocycles. The van der Waals surface area contributed by atoms with Crippen molar-refractivity contribution in [3.8, 4) is 11.8 Å². The number of hydrogen-bond donors (Lipinski definition) is 1. The van der Waals surface area contributed by atoms with Gasteiger partial charge in [0.25, 0.3) is 0 Å². The number of methoxy groups -OCH3 is 2. The fourth-order valence-corrected chi connectivity index (χ4v) is 2.04. The molecule has 2 aromatic rings. The number of aryl methyl sites for hydroxylation is 2. The molecule has 21 heavy (non-hydrogen) atoms. The minimum atomic E-state index is -0.723. The summed E-state index contributed by atoms with van der Waals surface area (Å²) in [5.41, 5.74) is 2.84. The third-order valence-electron chi connectivity index (χ3n) is 3.29. The molecule has 1 unspecified atom stereocenters. The molecule has 0 radical (unpaired) electrons. The van der Waals surface area contributed by atoms with Gasteiger partial charge in [-0.05, 0) is 25.3 Å². The summed E-state index contributed by atoms with van der Waals surface area (Å²) >= 11 is 0. The average molecular weight is 288 g/mol. The van der Waals surface area contributed by atoms with Gasteiger partial charge in [-0.15, -0.1) is 0 Å². The number of aliphatic hydroxyl groups excluding tert-OH is 1. The van der Waals surface area contributed by atoms with Crippen molar-refractivity contribution in [2.45, 2.75) is 25.9 Å². The maximum Gasteiger partial charge on any atom is 0.241 e. The van der Waals surface area contributed by atoms with Crippen LogP contribution in [0.3, 0.4) is 0 Å². The molecule has 0 bridgehead atoms. The highest BCUT2D eigenvalue weighted by atomic mass is 16.5. The van der Waals surface area contributed by atoms with Gasteiger partial charge < -0.3 is 14.6 Å². The van der Waals surface area contributed by atoms with E-state index in [4.69, 9.17) is 9.47 Å². The maximum atomic E-state index is 10.3. The van der Waals surface area contributed by atoms with Crippen LogP contribution in [0.5, 0.6) is 11.8 Å². The molecule has 0 amide bonds. The lowest BCUT2D eigenvalue weighted by molar-refractivity contribution is 0.157. The molecule has 5 nitrogen and oxygen atoms in total. The number of benzene rings is 1. The van der Waals surface area contributed by atoms with Crippen molar-refractivity contribution in [1.82, 2.24) is 9.97 Å². The van der Waals surface area contributed by atoms with E-state index >= 15 is 0 Å². The Morgan fingerprint density at radius 1 is 1.14 bits per heavy atom. The van der Waals surface area contributed by atoms with Gasteiger partial charge in [-0.1, -0.05) is 29.8 Å². The summed E-state index contributed by atoms with van der Waals surface area (Å²) in [5, 5.41) is 10.3. The van der Waals surface area contributed by atoms with Crippen LogP contribution >= 0.6 is 0 Å². The highest BCUT2D eigenvalue weighted by Crippen LogP contribution is 2.26. The monoisotopic (exact) mass is 288 g/mol. The summed E-state index contributed by atoms with van der Waals surface area (Å²) in [6, 6.07) is 8.27. The van der Waals surface area contributed by atoms with Crippen molar-refractivity contribution in [1.29, 1.82) is 0 Å². The van der Waals surface area contributed by atoms with Gasteiger partial charge >= 0.3 is 0 Å². The van der Waals surface area contributed by atoms with Crippen molar-refractivity contribution in [2.75, 3.05) is 14.2 Å². The second-order valence-electron chi connectivity index (χ2n) is 4.85. The van der Waals surface area contributed by atoms with Crippen LogP contribution in [0.2, 0.25) is 0 Å². The first kappa shape index (κ1) is 15.3. The Balaban J connectivity index is 2.05. The SMILES string of the molecule is COc1cnc(C(O)CCc2ccc(C)cc2)c(OC)n1. The lowest BCUT2D eigenvalue weighted by Gasteiger charge is -2.13. The third kappa shape index (κ3) is 3.92. The minimum Gasteiger partial charge on any atom is -0.480 e. The zero-order valence-electron chi connectivity index (χ0n) is 12.5. The van der Waals surface area contributed by atoms with E-state index in [1.807, 2.05) is 0 Å². The minimum absolute atomic E-state index is 0.297. The second kappa shape index (κ2) is 7.04. The number of rotatable bonds is 6. The predicted octanol–water partition coefficient (Wildman–Crippen LogP) is 2.47. The Morgan fingerprint density at radius 2 is 1.86 bits per heavy atom. The fraction of sp³-hybridized carbons (Fsp3) is 0.375. The Bertz CT molecular complexity index is 585. The van der Waals surface area contributed by atoms with E-state index in [9.17, 15) is 5.11 Å². The van der Waals surface area contributed by atoms with Crippen molar-refractivity contribution in [3.63, 3.8) is 0 Å². The summed E-state index contributed by atoms with van der Waals surface area (Å²) in [7, 11) is 3.01. The van der Waals surface area contributed by atoms with E-state index in [0.29, 0.717) is 23.9 Å². The van der Waals surface area contributed by atoms with Crippen LogP contribution in [0.4, 0.5) is 0 Å². The van der Waals surface area contributed by atoms with E-state index < -0.39 is 6.10 Å². The number of hydrogen-bond acceptors (Lipinski definition) is 5. The Labute approximate surface area is 124 Å². The van der Waals surface area contributed by atoms with Crippen LogP contribution in [0.25, 0.3) is 0 Å². The second-order valence-corrected chi connectivity index (χ2v) is 4.85. The predicted molar refractivity (Wildman–Crippen MR) is 79.6 cm³/mol. The van der Waals surface area contributed by atoms with Crippen molar-refractivity contribution in [2.24, 2.45) is 0 Å². The normalized spacial score (nSPS) is 12.0. The molecule has 112 valence electrons. The first-order valence-corrected chi connectivity index (χ1v) is 6.82. The summed E-state index contributed by atoms with van der Waals surface area (Å²) in [5.74, 6) is 0.659. The Hall–Kier alpha value is -2.14. The Morgan fingerprint density at radius 3 is 2.48 bits per heavy atom. The summed E-state index contributed by atoms with van der Waals surface area (Å²) in [6.45, 7) is 2.05. The molecule has 1 aromatic heterocycles. The third-order valence-corrected chi connectivity index (χ3v) is 3.29. The van der Waals surface area contributed by atoms with Gasteiger partial charge in [0.05, 0.1) is 20.4 Å². The molecule has 2 rings (SSSR count). The van der Waals surface area contributed by atoms with E-state index in [0.717, 1.165) is 6.42 Å². The molecule has 1 aromatic carbocycles. The molecule has 1 N–H and O–H groups in total. The van der Waals surface area contributed by atoms with E-state index in [1.165, 1.54) is 31.5 Å². The molecule has 0 fully saturated rings. The molecule has 1 atom stereocenters. The van der Waals surface area contributed by atoms with E-state index in [-0.39, 0.29) is 0 Å². The molecular formula is C16H20N2O3. The molecule has 0 spiro atoms. The molecule has 0 aliphatic carbocycles. The van der Waals surface area contributed by atoms with Crippen molar-refractivity contribution in [3.05, 3.63) is 47.3 Å². The summed E-state index contributed by atoms with van der Waals surface area (Å²) in [6.07, 6.45) is 2.07. The highest BCUT2D eigenvalue weighted by Gasteiger charge is 2.17. The van der Waals surface area contributed by atoms with E-state index in [1.54, 1.807) is 0 Å². The average Bonchev–Trinajstić information content (AvgIpc) is 2.53. The van der Waals surface area contributed by atoms with Crippen LogP contribution < -0.4 is 9.47 Å². The molecule has 1 heterocycles. The topological polar surface area (TPSA) is 64.5 Å². The largest absolute Gasteiger partial charge is 0.480 e. The lowest BCUT2D eigenvalue weighted by Crippen LogP contribution is -2.07. The molecule has 5 heteroatoms. The van der Waals surface area contributed by atoms with Gasteiger partial charge in [0, 0.05) is 0 Å². The maximum absolute atomic E-state index is 10.3. The molecular weight excluding hydrogens is 268 g/mol. The van der Waals surface area contributed by atoms with Crippen LogP contribution in [0, 0.1) is 6.92 Å². The van der Waals surface area contributed by atoms with Gasteiger partial charge in [0.2, 0.25) is 11.8 Å². The van der Waals surface area contributed by atoms with Crippen molar-refractivity contribution < 1.29 is 14.6 Å². The van der Waals surface area contributed by atoms with Gasteiger partial charge in [0.1, 0.15) is 11.8 Å². The summed E-state index contributed by atoms with van der Waals surface area (Å²) in [4.78, 5) is 8.31. The van der Waals surface area contributed by atoms with Crippen LogP contribution in [0.15, 0.2) is 30.5 Å². The van der Waals surface area contributed by atoms with Gasteiger partial charge in [-0.3, -0.25) is 0 Å². The van der Waals surface area contributed by atoms with Crippen LogP contribution in [-0.2, 0) is 6.42 Å². The zero-order valence-corrected chi connectivity index (χ0v) is 12.5. The molecule has 0 aliphatic rings. The Kier molecular flexibility index (Phi) is 5.11. The quantitative estimate of drug-likeness (QED) is 0.884. The van der Waals surface area contributed by atoms with Crippen molar-refractivity contribution >= 4 is 0 Å². The smallest absolute Gasteiger partial charge is 0.241 e. The number of aromatic nitrogens is 2. The number of aliphatic hydroxyl groups is 1. The van der Waals surface area contributed by atoms with Crippen LogP contribution in [0.1, 0.15) is 29.3 Å². The first-order valence-electron chi connectivity index (χ1n) is 6.82. The number of nitrogens with zero attached hydrogens (tertiary/aromatic N) is 2. The molecule has 0 saturated heterocycles. The lowest BCUT2D eigenvalue weighted by atomic mass is 10.0. The summed E-state index contributed by atoms with van der Waals surface area (Å²) < 4.78 is 10.2. The van der Waals surface area contributed by atoms with Crippen LogP contribution in [-0.4, -0.2) is 29.3 Å². The van der Waals surface area contributed by atoms with Gasteiger partial charge in [-0.25, -0.2) is 4.98 Å². The van der Waals surface area contributed by atoms with Gasteiger partial charge in [0.15, 0.2) is 0 Å². The standard InChI is InChI=1S/C16H20N2O3/c1-11-4-6-12(7-5-11)8-9-13(19)15-16(21-3)18-14(20-2)10-17-15/h4-7,10,13,19H,8-9H2,1-3H3. The fourth-order valence-electron chi connectivity index (χ4n) is 2.04. The zero-order chi connectivity index (χ0) is 15.2. The molecule has 0 aliphatic heterocycles. The number of ether oxygens (including phenoxy) is 2. The highest BCUT2D eigenvalue weighted by molar-refractivity contribution is 5.25.